The van der Waals surface area contributed by atoms with E-state index < -0.39 is 0 Å². The molecule has 0 aliphatic carbocycles. The van der Waals surface area contributed by atoms with Gasteiger partial charge < -0.3 is 15.3 Å². The van der Waals surface area contributed by atoms with E-state index in [1.807, 2.05) is 47.4 Å². The van der Waals surface area contributed by atoms with Crippen LogP contribution in [0.15, 0.2) is 54.6 Å². The van der Waals surface area contributed by atoms with E-state index in [4.69, 9.17) is 0 Å². The molecule has 1 aliphatic rings. The number of phenolic OH excluding ortho intramolecular Hbond substituents is 1. The molecule has 1 aliphatic heterocycles. The minimum Gasteiger partial charge on any atom is -0.508 e. The first-order valence-corrected chi connectivity index (χ1v) is 7.61. The van der Waals surface area contributed by atoms with Crippen molar-refractivity contribution in [3.63, 3.8) is 0 Å². The minimum absolute atomic E-state index is 0.0283. The van der Waals surface area contributed by atoms with E-state index in [9.17, 15) is 9.90 Å². The second-order valence-corrected chi connectivity index (χ2v) is 5.59. The molecule has 2 aromatic rings. The van der Waals surface area contributed by atoms with Crippen LogP contribution < -0.4 is 5.32 Å². The van der Waals surface area contributed by atoms with Crippen LogP contribution in [0.2, 0.25) is 0 Å². The largest absolute Gasteiger partial charge is 0.508 e. The number of hydrogen-bond acceptors (Lipinski definition) is 2. The maximum Gasteiger partial charge on any atom is 0.318 e. The Morgan fingerprint density at radius 2 is 1.86 bits per heavy atom. The van der Waals surface area contributed by atoms with Gasteiger partial charge in [-0.1, -0.05) is 42.5 Å². The molecule has 1 atom stereocenters. The van der Waals surface area contributed by atoms with Crippen LogP contribution in [0.3, 0.4) is 0 Å². The summed E-state index contributed by atoms with van der Waals surface area (Å²) < 4.78 is 0. The lowest BCUT2D eigenvalue weighted by molar-refractivity contribution is 0.192. The van der Waals surface area contributed by atoms with Gasteiger partial charge in [0.15, 0.2) is 0 Å². The average Bonchev–Trinajstić information content (AvgIpc) is 3.04. The summed E-state index contributed by atoms with van der Waals surface area (Å²) in [6.07, 6.45) is 1.97. The monoisotopic (exact) mass is 296 g/mol. The zero-order valence-corrected chi connectivity index (χ0v) is 12.4. The van der Waals surface area contributed by atoms with Crippen LogP contribution in [0.1, 0.15) is 30.0 Å². The Bertz CT molecular complexity index is 625. The first-order valence-electron chi connectivity index (χ1n) is 7.61. The van der Waals surface area contributed by atoms with Crippen LogP contribution in [0.5, 0.6) is 5.75 Å². The Morgan fingerprint density at radius 3 is 2.59 bits per heavy atom. The molecular formula is C18H20N2O2. The first-order chi connectivity index (χ1) is 10.7. The van der Waals surface area contributed by atoms with Crippen molar-refractivity contribution in [2.45, 2.75) is 25.4 Å². The van der Waals surface area contributed by atoms with Gasteiger partial charge in [0.25, 0.3) is 0 Å². The van der Waals surface area contributed by atoms with Crippen LogP contribution in [0.4, 0.5) is 4.79 Å². The third kappa shape index (κ3) is 3.22. The van der Waals surface area contributed by atoms with Crippen LogP contribution in [-0.4, -0.2) is 22.6 Å². The van der Waals surface area contributed by atoms with Gasteiger partial charge >= 0.3 is 6.03 Å². The zero-order chi connectivity index (χ0) is 15.4. The summed E-state index contributed by atoms with van der Waals surface area (Å²) in [5.74, 6) is 0.252. The van der Waals surface area contributed by atoms with Gasteiger partial charge in [0.2, 0.25) is 0 Å². The van der Waals surface area contributed by atoms with Crippen molar-refractivity contribution in [2.24, 2.45) is 0 Å². The molecule has 1 fully saturated rings. The third-order valence-corrected chi connectivity index (χ3v) is 4.08. The minimum atomic E-state index is -0.0283. The summed E-state index contributed by atoms with van der Waals surface area (Å²) in [5, 5.41) is 12.4. The Kier molecular flexibility index (Phi) is 4.28. The van der Waals surface area contributed by atoms with E-state index in [1.165, 1.54) is 0 Å². The summed E-state index contributed by atoms with van der Waals surface area (Å²) in [4.78, 5) is 14.3. The third-order valence-electron chi connectivity index (χ3n) is 4.08. The molecule has 1 heterocycles. The molecule has 4 heteroatoms. The van der Waals surface area contributed by atoms with E-state index in [-0.39, 0.29) is 17.8 Å². The smallest absolute Gasteiger partial charge is 0.318 e. The van der Waals surface area contributed by atoms with Crippen LogP contribution in [0, 0.1) is 0 Å². The standard InChI is InChI=1S/C18H20N2O2/c21-16-10-8-15(9-11-16)17-7-4-12-20(17)18(22)19-13-14-5-2-1-3-6-14/h1-3,5-6,8-11,17,21H,4,7,12-13H2,(H,19,22). The second-order valence-electron chi connectivity index (χ2n) is 5.59. The predicted molar refractivity (Wildman–Crippen MR) is 85.5 cm³/mol. The van der Waals surface area contributed by atoms with Crippen LogP contribution >= 0.6 is 0 Å². The summed E-state index contributed by atoms with van der Waals surface area (Å²) >= 11 is 0. The van der Waals surface area contributed by atoms with E-state index >= 15 is 0 Å². The number of likely N-dealkylation sites (tertiary alicyclic amines) is 1. The number of phenols is 1. The number of urea groups is 1. The maximum absolute atomic E-state index is 12.4. The molecule has 3 rings (SSSR count). The molecule has 0 spiro atoms. The summed E-state index contributed by atoms with van der Waals surface area (Å²) in [7, 11) is 0. The van der Waals surface area contributed by atoms with Crippen molar-refractivity contribution in [2.75, 3.05) is 6.54 Å². The summed E-state index contributed by atoms with van der Waals surface area (Å²) in [5.41, 5.74) is 2.17. The zero-order valence-electron chi connectivity index (χ0n) is 12.4. The van der Waals surface area contributed by atoms with Gasteiger partial charge in [0.05, 0.1) is 6.04 Å². The van der Waals surface area contributed by atoms with Gasteiger partial charge in [-0.25, -0.2) is 4.79 Å². The highest BCUT2D eigenvalue weighted by atomic mass is 16.3. The SMILES string of the molecule is O=C(NCc1ccccc1)N1CCCC1c1ccc(O)cc1. The van der Waals surface area contributed by atoms with Gasteiger partial charge in [-0.3, -0.25) is 0 Å². The Labute approximate surface area is 130 Å². The number of nitrogens with zero attached hydrogens (tertiary/aromatic N) is 1. The highest BCUT2D eigenvalue weighted by Crippen LogP contribution is 2.32. The van der Waals surface area contributed by atoms with Crippen molar-refractivity contribution >= 4 is 6.03 Å². The molecule has 2 amide bonds. The number of carbonyl (C=O) groups is 1. The number of carbonyl (C=O) groups excluding carboxylic acids is 1. The Hall–Kier alpha value is -2.49. The normalized spacial score (nSPS) is 17.5. The lowest BCUT2D eigenvalue weighted by Gasteiger charge is -2.25. The average molecular weight is 296 g/mol. The molecule has 0 saturated carbocycles. The quantitative estimate of drug-likeness (QED) is 0.911. The molecule has 0 radical (unpaired) electrons. The van der Waals surface area contributed by atoms with Crippen molar-refractivity contribution in [1.82, 2.24) is 10.2 Å². The number of aromatic hydroxyl groups is 1. The topological polar surface area (TPSA) is 52.6 Å². The van der Waals surface area contributed by atoms with Crippen molar-refractivity contribution in [3.8, 4) is 5.75 Å². The number of nitrogens with one attached hydrogen (secondary N) is 1. The Balaban J connectivity index is 1.65. The highest BCUT2D eigenvalue weighted by molar-refractivity contribution is 5.75. The number of amides is 2. The molecule has 1 saturated heterocycles. The Morgan fingerprint density at radius 1 is 1.14 bits per heavy atom. The van der Waals surface area contributed by atoms with Gasteiger partial charge in [-0.15, -0.1) is 0 Å². The molecule has 1 unspecified atom stereocenters. The van der Waals surface area contributed by atoms with E-state index in [1.54, 1.807) is 12.1 Å². The molecule has 4 nitrogen and oxygen atoms in total. The van der Waals surface area contributed by atoms with Crippen molar-refractivity contribution < 1.29 is 9.90 Å². The fraction of sp³-hybridized carbons (Fsp3) is 0.278. The first kappa shape index (κ1) is 14.4. The molecular weight excluding hydrogens is 276 g/mol. The van der Waals surface area contributed by atoms with Gasteiger partial charge in [0, 0.05) is 13.1 Å². The van der Waals surface area contributed by atoms with E-state index in [0.717, 1.165) is 30.5 Å². The molecule has 114 valence electrons. The van der Waals surface area contributed by atoms with E-state index in [0.29, 0.717) is 6.54 Å². The van der Waals surface area contributed by atoms with Crippen LogP contribution in [-0.2, 0) is 6.54 Å². The van der Waals surface area contributed by atoms with Crippen molar-refractivity contribution in [1.29, 1.82) is 0 Å². The van der Waals surface area contributed by atoms with Crippen LogP contribution in [0.25, 0.3) is 0 Å². The predicted octanol–water partition coefficient (Wildman–Crippen LogP) is 3.44. The van der Waals surface area contributed by atoms with Gasteiger partial charge in [-0.05, 0) is 36.1 Å². The lowest BCUT2D eigenvalue weighted by atomic mass is 10.0. The fourth-order valence-corrected chi connectivity index (χ4v) is 2.93. The molecule has 0 aromatic heterocycles. The molecule has 2 aromatic carbocycles. The summed E-state index contributed by atoms with van der Waals surface area (Å²) in [6.45, 7) is 1.31. The summed E-state index contributed by atoms with van der Waals surface area (Å²) in [6, 6.07) is 17.1. The number of hydrogen-bond donors (Lipinski definition) is 2. The highest BCUT2D eigenvalue weighted by Gasteiger charge is 2.29. The maximum atomic E-state index is 12.4. The number of benzene rings is 2. The second kappa shape index (κ2) is 6.52. The lowest BCUT2D eigenvalue weighted by Crippen LogP contribution is -2.39. The molecule has 22 heavy (non-hydrogen) atoms. The van der Waals surface area contributed by atoms with Gasteiger partial charge in [-0.2, -0.15) is 0 Å². The number of rotatable bonds is 3. The van der Waals surface area contributed by atoms with Gasteiger partial charge in [0.1, 0.15) is 5.75 Å². The van der Waals surface area contributed by atoms with E-state index in [2.05, 4.69) is 5.32 Å². The molecule has 2 N–H and O–H groups in total. The fourth-order valence-electron chi connectivity index (χ4n) is 2.93. The van der Waals surface area contributed by atoms with Crippen molar-refractivity contribution in [3.05, 3.63) is 65.7 Å². The molecule has 0 bridgehead atoms.